The highest BCUT2D eigenvalue weighted by Gasteiger charge is 2.31. The molecule has 0 amide bonds. The Balaban J connectivity index is 2.09. The van der Waals surface area contributed by atoms with Gasteiger partial charge in [0.2, 0.25) is 0 Å². The molecule has 0 aliphatic carbocycles. The lowest BCUT2D eigenvalue weighted by atomic mass is 9.97. The largest absolute Gasteiger partial charge is 0.409 e. The number of hydrogen-bond acceptors (Lipinski definition) is 5. The summed E-state index contributed by atoms with van der Waals surface area (Å²) < 4.78 is 26.9. The molecule has 1 saturated heterocycles. The summed E-state index contributed by atoms with van der Waals surface area (Å²) in [7, 11) is -3.40. The zero-order valence-corrected chi connectivity index (χ0v) is 13.0. The molecule has 1 aromatic rings. The molecule has 0 bridgehead atoms. The second-order valence-electron chi connectivity index (χ2n) is 4.78. The van der Waals surface area contributed by atoms with Gasteiger partial charge in [-0.1, -0.05) is 12.1 Å². The van der Waals surface area contributed by atoms with Crippen LogP contribution in [0.15, 0.2) is 21.5 Å². The predicted molar refractivity (Wildman–Crippen MR) is 78.6 cm³/mol. The molecule has 0 spiro atoms. The van der Waals surface area contributed by atoms with Crippen LogP contribution in [-0.2, 0) is 16.4 Å². The van der Waals surface area contributed by atoms with Gasteiger partial charge in [0.05, 0.1) is 0 Å². The average Bonchev–Trinajstić information content (AvgIpc) is 2.96. The molecule has 6 nitrogen and oxygen atoms in total. The zero-order valence-electron chi connectivity index (χ0n) is 11.3. The van der Waals surface area contributed by atoms with E-state index >= 15 is 0 Å². The lowest BCUT2D eigenvalue weighted by Crippen LogP contribution is -2.41. The maximum atomic E-state index is 12.5. The summed E-state index contributed by atoms with van der Waals surface area (Å²) in [5.41, 5.74) is 5.57. The van der Waals surface area contributed by atoms with E-state index in [0.29, 0.717) is 30.1 Å². The van der Waals surface area contributed by atoms with Gasteiger partial charge in [0.1, 0.15) is 10.0 Å². The van der Waals surface area contributed by atoms with E-state index in [4.69, 9.17) is 10.9 Å². The van der Waals surface area contributed by atoms with Crippen molar-refractivity contribution < 1.29 is 13.6 Å². The first-order valence-electron chi connectivity index (χ1n) is 6.55. The fraction of sp³-hybridized carbons (Fsp3) is 0.583. The van der Waals surface area contributed by atoms with Crippen molar-refractivity contribution in [2.45, 2.75) is 30.4 Å². The number of hydrogen-bond donors (Lipinski definition) is 2. The quantitative estimate of drug-likeness (QED) is 0.380. The molecule has 1 aliphatic rings. The van der Waals surface area contributed by atoms with Crippen molar-refractivity contribution in [3.05, 3.63) is 17.0 Å². The molecule has 2 rings (SSSR count). The average molecular weight is 317 g/mol. The first-order chi connectivity index (χ1) is 9.48. The molecule has 0 atom stereocenters. The fourth-order valence-corrected chi connectivity index (χ4v) is 5.21. The van der Waals surface area contributed by atoms with Crippen LogP contribution in [0, 0.1) is 5.92 Å². The van der Waals surface area contributed by atoms with Crippen molar-refractivity contribution in [1.29, 1.82) is 0 Å². The van der Waals surface area contributed by atoms with Gasteiger partial charge in [-0.05, 0) is 31.4 Å². The summed E-state index contributed by atoms with van der Waals surface area (Å²) in [6.45, 7) is 2.82. The molecule has 0 saturated carbocycles. The van der Waals surface area contributed by atoms with Crippen LogP contribution in [0.2, 0.25) is 0 Å². The van der Waals surface area contributed by atoms with E-state index in [2.05, 4.69) is 5.16 Å². The van der Waals surface area contributed by atoms with Gasteiger partial charge in [0.25, 0.3) is 10.0 Å². The number of amidine groups is 1. The second-order valence-corrected chi connectivity index (χ2v) is 8.11. The Bertz CT molecular complexity index is 587. The van der Waals surface area contributed by atoms with Crippen molar-refractivity contribution in [2.24, 2.45) is 16.8 Å². The Morgan fingerprint density at radius 3 is 2.65 bits per heavy atom. The van der Waals surface area contributed by atoms with Gasteiger partial charge in [-0.25, -0.2) is 8.42 Å². The number of oxime groups is 1. The highest BCUT2D eigenvalue weighted by molar-refractivity contribution is 7.91. The van der Waals surface area contributed by atoms with Crippen molar-refractivity contribution in [2.75, 3.05) is 13.1 Å². The van der Waals surface area contributed by atoms with Gasteiger partial charge < -0.3 is 10.9 Å². The molecular weight excluding hydrogens is 298 g/mol. The van der Waals surface area contributed by atoms with Crippen LogP contribution in [-0.4, -0.2) is 36.9 Å². The Kier molecular flexibility index (Phi) is 4.66. The van der Waals surface area contributed by atoms with Gasteiger partial charge in [0, 0.05) is 23.9 Å². The van der Waals surface area contributed by atoms with E-state index in [1.165, 1.54) is 15.6 Å². The number of nitrogens with two attached hydrogens (primary N) is 1. The second kappa shape index (κ2) is 6.11. The SMILES string of the molecule is CCc1ccc(S(=O)(=O)N2CCC(C(N)=NO)CC2)s1. The van der Waals surface area contributed by atoms with Gasteiger partial charge in [-0.3, -0.25) is 0 Å². The number of thiophene rings is 1. The maximum absolute atomic E-state index is 12.5. The molecule has 0 unspecified atom stereocenters. The number of sulfonamides is 1. The molecule has 112 valence electrons. The monoisotopic (exact) mass is 317 g/mol. The highest BCUT2D eigenvalue weighted by Crippen LogP contribution is 2.28. The van der Waals surface area contributed by atoms with Crippen molar-refractivity contribution in [3.8, 4) is 0 Å². The predicted octanol–water partition coefficient (Wildman–Crippen LogP) is 1.46. The molecule has 1 fully saturated rings. The Labute approximate surface area is 122 Å². The topological polar surface area (TPSA) is 96.0 Å². The van der Waals surface area contributed by atoms with Crippen LogP contribution in [0.1, 0.15) is 24.6 Å². The molecule has 3 N–H and O–H groups in total. The summed E-state index contributed by atoms with van der Waals surface area (Å²) in [5.74, 6) is 0.146. The van der Waals surface area contributed by atoms with Gasteiger partial charge >= 0.3 is 0 Å². The third-order valence-corrected chi connectivity index (χ3v) is 7.16. The van der Waals surface area contributed by atoms with Crippen LogP contribution in [0.3, 0.4) is 0 Å². The third kappa shape index (κ3) is 2.97. The van der Waals surface area contributed by atoms with Gasteiger partial charge in [0.15, 0.2) is 0 Å². The van der Waals surface area contributed by atoms with Crippen LogP contribution >= 0.6 is 11.3 Å². The summed E-state index contributed by atoms with van der Waals surface area (Å²) in [4.78, 5) is 1.06. The Morgan fingerprint density at radius 1 is 1.50 bits per heavy atom. The standard InChI is InChI=1S/C12H19N3O3S2/c1-2-10-3-4-11(19-10)20(17,18)15-7-5-9(6-8-15)12(13)14-16/h3-4,9,16H,2,5-8H2,1H3,(H2,13,14). The first kappa shape index (κ1) is 15.3. The molecule has 1 aliphatic heterocycles. The van der Waals surface area contributed by atoms with E-state index in [-0.39, 0.29) is 11.8 Å². The molecule has 2 heterocycles. The smallest absolute Gasteiger partial charge is 0.252 e. The van der Waals surface area contributed by atoms with Crippen molar-refractivity contribution in [3.63, 3.8) is 0 Å². The third-order valence-electron chi connectivity index (χ3n) is 3.57. The van der Waals surface area contributed by atoms with Gasteiger partial charge in [-0.2, -0.15) is 4.31 Å². The van der Waals surface area contributed by atoms with E-state index in [1.54, 1.807) is 6.07 Å². The number of piperidine rings is 1. The number of rotatable bonds is 4. The normalized spacial score (nSPS) is 19.4. The van der Waals surface area contributed by atoms with Crippen molar-refractivity contribution >= 4 is 27.2 Å². The van der Waals surface area contributed by atoms with Crippen LogP contribution in [0.25, 0.3) is 0 Å². The van der Waals surface area contributed by atoms with Crippen LogP contribution in [0.4, 0.5) is 0 Å². The Hall–Kier alpha value is -1.12. The minimum absolute atomic E-state index is 0.0408. The molecule has 8 heteroatoms. The molecule has 1 aromatic heterocycles. The summed E-state index contributed by atoms with van der Waals surface area (Å²) in [6, 6.07) is 3.54. The lowest BCUT2D eigenvalue weighted by molar-refractivity contribution is 0.291. The van der Waals surface area contributed by atoms with Crippen LogP contribution in [0.5, 0.6) is 0 Å². The maximum Gasteiger partial charge on any atom is 0.252 e. The van der Waals surface area contributed by atoms with Crippen LogP contribution < -0.4 is 5.73 Å². The molecule has 0 radical (unpaired) electrons. The lowest BCUT2D eigenvalue weighted by Gasteiger charge is -2.30. The number of nitrogens with zero attached hydrogens (tertiary/aromatic N) is 2. The van der Waals surface area contributed by atoms with Gasteiger partial charge in [-0.15, -0.1) is 11.3 Å². The first-order valence-corrected chi connectivity index (χ1v) is 8.81. The molecular formula is C12H19N3O3S2. The summed E-state index contributed by atoms with van der Waals surface area (Å²) >= 11 is 1.33. The van der Waals surface area contributed by atoms with E-state index in [1.807, 2.05) is 13.0 Å². The number of aryl methyl sites for hydroxylation is 1. The van der Waals surface area contributed by atoms with E-state index < -0.39 is 10.0 Å². The van der Waals surface area contributed by atoms with Crippen molar-refractivity contribution in [1.82, 2.24) is 4.31 Å². The highest BCUT2D eigenvalue weighted by atomic mass is 32.2. The molecule has 20 heavy (non-hydrogen) atoms. The Morgan fingerprint density at radius 2 is 2.15 bits per heavy atom. The fourth-order valence-electron chi connectivity index (χ4n) is 2.29. The van der Waals surface area contributed by atoms with E-state index in [0.717, 1.165) is 11.3 Å². The van der Waals surface area contributed by atoms with E-state index in [9.17, 15) is 8.42 Å². The summed E-state index contributed by atoms with van der Waals surface area (Å²) in [6.07, 6.45) is 2.01. The zero-order chi connectivity index (χ0) is 14.8. The minimum Gasteiger partial charge on any atom is -0.409 e. The molecule has 0 aromatic carbocycles. The minimum atomic E-state index is -3.40. The summed E-state index contributed by atoms with van der Waals surface area (Å²) in [5, 5.41) is 11.7.